The van der Waals surface area contributed by atoms with Crippen molar-refractivity contribution in [2.75, 3.05) is 19.6 Å². The lowest BCUT2D eigenvalue weighted by Crippen LogP contribution is -2.51. The van der Waals surface area contributed by atoms with E-state index in [9.17, 15) is 18.0 Å². The lowest BCUT2D eigenvalue weighted by atomic mass is 10.1. The second kappa shape index (κ2) is 5.21. The molecule has 0 spiro atoms. The smallest absolute Gasteiger partial charge is 0.336 e. The summed E-state index contributed by atoms with van der Waals surface area (Å²) in [4.78, 5) is 13.7. The van der Waals surface area contributed by atoms with Crippen LogP contribution in [0.2, 0.25) is 0 Å². The summed E-state index contributed by atoms with van der Waals surface area (Å²) in [6.45, 7) is 3.62. The van der Waals surface area contributed by atoms with E-state index in [2.05, 4.69) is 5.32 Å². The summed E-state index contributed by atoms with van der Waals surface area (Å²) in [5.41, 5.74) is -0.703. The van der Waals surface area contributed by atoms with Gasteiger partial charge in [0.2, 0.25) is 0 Å². The molecule has 1 aliphatic heterocycles. The molecule has 1 heterocycles. The minimum Gasteiger partial charge on any atom is -0.336 e. The SMILES string of the molecule is CC1CN(C(=O)c2cccc(C(F)(F)F)c2)CCN1. The zero-order valence-corrected chi connectivity index (χ0v) is 10.5. The minimum atomic E-state index is -4.42. The van der Waals surface area contributed by atoms with Gasteiger partial charge in [0, 0.05) is 31.2 Å². The molecule has 104 valence electrons. The van der Waals surface area contributed by atoms with Crippen LogP contribution in [0, 0.1) is 0 Å². The monoisotopic (exact) mass is 272 g/mol. The van der Waals surface area contributed by atoms with Crippen LogP contribution in [0.4, 0.5) is 13.2 Å². The van der Waals surface area contributed by atoms with E-state index in [0.29, 0.717) is 19.6 Å². The third-order valence-electron chi connectivity index (χ3n) is 3.09. The minimum absolute atomic E-state index is 0.0870. The molecule has 1 aliphatic rings. The fraction of sp³-hybridized carbons (Fsp3) is 0.462. The Morgan fingerprint density at radius 1 is 1.42 bits per heavy atom. The highest BCUT2D eigenvalue weighted by molar-refractivity contribution is 5.94. The van der Waals surface area contributed by atoms with Gasteiger partial charge in [-0.1, -0.05) is 6.07 Å². The third kappa shape index (κ3) is 3.26. The van der Waals surface area contributed by atoms with Gasteiger partial charge in [0.1, 0.15) is 0 Å². The highest BCUT2D eigenvalue weighted by Gasteiger charge is 2.31. The van der Waals surface area contributed by atoms with Crippen molar-refractivity contribution in [2.45, 2.75) is 19.1 Å². The number of hydrogen-bond acceptors (Lipinski definition) is 2. The maximum absolute atomic E-state index is 12.6. The van der Waals surface area contributed by atoms with Crippen LogP contribution in [-0.4, -0.2) is 36.5 Å². The number of alkyl halides is 3. The summed E-state index contributed by atoms with van der Waals surface area (Å²) in [6.07, 6.45) is -4.42. The van der Waals surface area contributed by atoms with Gasteiger partial charge < -0.3 is 10.2 Å². The number of piperazine rings is 1. The van der Waals surface area contributed by atoms with Gasteiger partial charge in [0.25, 0.3) is 5.91 Å². The summed E-state index contributed by atoms with van der Waals surface area (Å²) < 4.78 is 37.8. The predicted octanol–water partition coefficient (Wildman–Crippen LogP) is 2.14. The van der Waals surface area contributed by atoms with Gasteiger partial charge in [-0.2, -0.15) is 13.2 Å². The maximum Gasteiger partial charge on any atom is 0.416 e. The van der Waals surface area contributed by atoms with Crippen LogP contribution in [0.1, 0.15) is 22.8 Å². The summed E-state index contributed by atoms with van der Waals surface area (Å²) in [7, 11) is 0. The molecule has 0 saturated carbocycles. The fourth-order valence-electron chi connectivity index (χ4n) is 2.13. The topological polar surface area (TPSA) is 32.3 Å². The Bertz CT molecular complexity index is 473. The predicted molar refractivity (Wildman–Crippen MR) is 64.8 cm³/mol. The fourth-order valence-corrected chi connectivity index (χ4v) is 2.13. The summed E-state index contributed by atoms with van der Waals surface area (Å²) in [5.74, 6) is -0.348. The molecule has 6 heteroatoms. The molecule has 3 nitrogen and oxygen atoms in total. The van der Waals surface area contributed by atoms with E-state index in [-0.39, 0.29) is 17.5 Å². The average Bonchev–Trinajstić information content (AvgIpc) is 2.37. The van der Waals surface area contributed by atoms with Gasteiger partial charge in [-0.15, -0.1) is 0 Å². The molecule has 0 aliphatic carbocycles. The van der Waals surface area contributed by atoms with Crippen molar-refractivity contribution in [3.05, 3.63) is 35.4 Å². The van der Waals surface area contributed by atoms with E-state index < -0.39 is 11.7 Å². The lowest BCUT2D eigenvalue weighted by Gasteiger charge is -2.32. The average molecular weight is 272 g/mol. The summed E-state index contributed by atoms with van der Waals surface area (Å²) in [6, 6.07) is 4.72. The summed E-state index contributed by atoms with van der Waals surface area (Å²) >= 11 is 0. The van der Waals surface area contributed by atoms with Crippen molar-refractivity contribution in [2.24, 2.45) is 0 Å². The van der Waals surface area contributed by atoms with Gasteiger partial charge >= 0.3 is 6.18 Å². The molecule has 0 radical (unpaired) electrons. The first-order valence-corrected chi connectivity index (χ1v) is 6.08. The number of hydrogen-bond donors (Lipinski definition) is 1. The van der Waals surface area contributed by atoms with E-state index in [1.165, 1.54) is 12.1 Å². The molecule has 1 N–H and O–H groups in total. The van der Waals surface area contributed by atoms with Crippen LogP contribution < -0.4 is 5.32 Å². The second-order valence-electron chi connectivity index (χ2n) is 4.68. The second-order valence-corrected chi connectivity index (χ2v) is 4.68. The number of rotatable bonds is 1. The Kier molecular flexibility index (Phi) is 3.80. The van der Waals surface area contributed by atoms with Crippen molar-refractivity contribution >= 4 is 5.91 Å². The molecule has 19 heavy (non-hydrogen) atoms. The first-order valence-electron chi connectivity index (χ1n) is 6.08. The van der Waals surface area contributed by atoms with Crippen molar-refractivity contribution < 1.29 is 18.0 Å². The maximum atomic E-state index is 12.6. The van der Waals surface area contributed by atoms with Crippen molar-refractivity contribution in [3.8, 4) is 0 Å². The van der Waals surface area contributed by atoms with E-state index >= 15 is 0 Å². The van der Waals surface area contributed by atoms with Crippen molar-refractivity contribution in [1.29, 1.82) is 0 Å². The molecule has 1 atom stereocenters. The van der Waals surface area contributed by atoms with Gasteiger partial charge in [-0.05, 0) is 25.1 Å². The molecule has 0 aromatic heterocycles. The Hall–Kier alpha value is -1.56. The third-order valence-corrected chi connectivity index (χ3v) is 3.09. The number of carbonyl (C=O) groups excluding carboxylic acids is 1. The lowest BCUT2D eigenvalue weighted by molar-refractivity contribution is -0.137. The zero-order chi connectivity index (χ0) is 14.0. The number of nitrogens with one attached hydrogen (secondary N) is 1. The molecular formula is C13H15F3N2O. The Balaban J connectivity index is 2.19. The van der Waals surface area contributed by atoms with E-state index in [1.54, 1.807) is 4.90 Å². The van der Waals surface area contributed by atoms with Crippen LogP contribution in [0.5, 0.6) is 0 Å². The standard InChI is InChI=1S/C13H15F3N2O/c1-9-8-18(6-5-17-9)12(19)10-3-2-4-11(7-10)13(14,15)16/h2-4,7,9,17H,5-6,8H2,1H3. The van der Waals surface area contributed by atoms with Crippen LogP contribution in [-0.2, 0) is 6.18 Å². The Morgan fingerprint density at radius 3 is 2.79 bits per heavy atom. The first-order chi connectivity index (χ1) is 8.88. The van der Waals surface area contributed by atoms with Crippen molar-refractivity contribution in [1.82, 2.24) is 10.2 Å². The molecular weight excluding hydrogens is 257 g/mol. The Labute approximate surface area is 109 Å². The number of halogens is 3. The number of nitrogens with zero attached hydrogens (tertiary/aromatic N) is 1. The molecule has 1 amide bonds. The van der Waals surface area contributed by atoms with Crippen LogP contribution in [0.15, 0.2) is 24.3 Å². The molecule has 1 fully saturated rings. The van der Waals surface area contributed by atoms with Gasteiger partial charge in [-0.25, -0.2) is 0 Å². The number of carbonyl (C=O) groups is 1. The summed E-state index contributed by atoms with van der Waals surface area (Å²) in [5, 5.41) is 3.18. The van der Waals surface area contributed by atoms with Crippen LogP contribution >= 0.6 is 0 Å². The molecule has 2 rings (SSSR count). The molecule has 1 unspecified atom stereocenters. The molecule has 1 aromatic carbocycles. The molecule has 1 saturated heterocycles. The van der Waals surface area contributed by atoms with Crippen molar-refractivity contribution in [3.63, 3.8) is 0 Å². The highest BCUT2D eigenvalue weighted by atomic mass is 19.4. The van der Waals surface area contributed by atoms with E-state index in [0.717, 1.165) is 12.1 Å². The van der Waals surface area contributed by atoms with Crippen LogP contribution in [0.25, 0.3) is 0 Å². The van der Waals surface area contributed by atoms with E-state index in [4.69, 9.17) is 0 Å². The quantitative estimate of drug-likeness (QED) is 0.849. The highest BCUT2D eigenvalue weighted by Crippen LogP contribution is 2.29. The first kappa shape index (κ1) is 13.9. The van der Waals surface area contributed by atoms with E-state index in [1.807, 2.05) is 6.92 Å². The normalized spacial score (nSPS) is 20.4. The largest absolute Gasteiger partial charge is 0.416 e. The van der Waals surface area contributed by atoms with Gasteiger partial charge in [0.15, 0.2) is 0 Å². The Morgan fingerprint density at radius 2 is 2.16 bits per heavy atom. The molecule has 1 aromatic rings. The molecule has 0 bridgehead atoms. The van der Waals surface area contributed by atoms with Gasteiger partial charge in [0.05, 0.1) is 5.56 Å². The van der Waals surface area contributed by atoms with Gasteiger partial charge in [-0.3, -0.25) is 4.79 Å². The zero-order valence-electron chi connectivity index (χ0n) is 10.5. The number of amides is 1. The number of benzene rings is 1. The van der Waals surface area contributed by atoms with Crippen LogP contribution in [0.3, 0.4) is 0 Å².